The number of amides is 2. The summed E-state index contributed by atoms with van der Waals surface area (Å²) < 4.78 is 14.6. The summed E-state index contributed by atoms with van der Waals surface area (Å²) in [5.41, 5.74) is 7.25. The topological polar surface area (TPSA) is 102 Å². The number of carbonyl (C=O) groups excluding carboxylic acids is 2. The van der Waals surface area contributed by atoms with E-state index in [1.165, 1.54) is 12.1 Å². The average Bonchev–Trinajstić information content (AvgIpc) is 3.08. The first-order valence-electron chi connectivity index (χ1n) is 8.47. The minimum absolute atomic E-state index is 0. The van der Waals surface area contributed by atoms with E-state index in [1.807, 2.05) is 19.9 Å². The van der Waals surface area contributed by atoms with Gasteiger partial charge in [0.25, 0.3) is 0 Å². The molecule has 1 atom stereocenters. The molecule has 0 aliphatic carbocycles. The van der Waals surface area contributed by atoms with Crippen molar-refractivity contribution in [1.29, 1.82) is 0 Å². The molecule has 0 saturated heterocycles. The van der Waals surface area contributed by atoms with Gasteiger partial charge in [0, 0.05) is 19.2 Å². The van der Waals surface area contributed by atoms with E-state index < -0.39 is 6.04 Å². The molecule has 4 N–H and O–H groups in total. The van der Waals surface area contributed by atoms with Crippen LogP contribution in [0, 0.1) is 11.7 Å². The maximum Gasteiger partial charge on any atom is 0.239 e. The molecule has 0 unspecified atom stereocenters. The van der Waals surface area contributed by atoms with E-state index in [-0.39, 0.29) is 42.5 Å². The third-order valence-corrected chi connectivity index (χ3v) is 3.88. The molecule has 1 aromatic carbocycles. The molecule has 27 heavy (non-hydrogen) atoms. The number of nitrogens with two attached hydrogens (primary N) is 1. The Hall–Kier alpha value is -2.45. The Morgan fingerprint density at radius 1 is 1.19 bits per heavy atom. The Bertz CT molecular complexity index is 748. The fourth-order valence-corrected chi connectivity index (χ4v) is 2.21. The molecule has 7 nitrogen and oxygen atoms in total. The highest BCUT2D eigenvalue weighted by molar-refractivity contribution is 5.87. The second-order valence-electron chi connectivity index (χ2n) is 6.32. The lowest BCUT2D eigenvalue weighted by atomic mass is 10.1. The normalized spacial score (nSPS) is 11.6. The number of rotatable bonds is 8. The zero-order valence-corrected chi connectivity index (χ0v) is 16.1. The summed E-state index contributed by atoms with van der Waals surface area (Å²) in [6, 6.07) is 7.22. The molecule has 1 heterocycles. The van der Waals surface area contributed by atoms with Crippen molar-refractivity contribution >= 4 is 24.2 Å². The quantitative estimate of drug-likeness (QED) is 0.622. The smallest absolute Gasteiger partial charge is 0.239 e. The zero-order valence-electron chi connectivity index (χ0n) is 15.3. The molecule has 0 fully saturated rings. The van der Waals surface area contributed by atoms with Crippen LogP contribution >= 0.6 is 12.4 Å². The molecule has 148 valence electrons. The molecule has 0 aliphatic rings. The largest absolute Gasteiger partial charge is 0.354 e. The lowest BCUT2D eigenvalue weighted by Gasteiger charge is -2.15. The highest BCUT2D eigenvalue weighted by Gasteiger charge is 2.17. The van der Waals surface area contributed by atoms with Gasteiger partial charge in [-0.05, 0) is 36.2 Å². The Balaban J connectivity index is 0.00000364. The summed E-state index contributed by atoms with van der Waals surface area (Å²) in [5.74, 6) is -0.917. The summed E-state index contributed by atoms with van der Waals surface area (Å²) in [6.45, 7) is 3.97. The lowest BCUT2D eigenvalue weighted by molar-refractivity contribution is -0.127. The average molecular weight is 398 g/mol. The van der Waals surface area contributed by atoms with Gasteiger partial charge in [-0.15, -0.1) is 12.4 Å². The summed E-state index contributed by atoms with van der Waals surface area (Å²) in [5, 5.41) is 9.61. The van der Waals surface area contributed by atoms with Gasteiger partial charge in [0.05, 0.1) is 24.0 Å². The van der Waals surface area contributed by atoms with E-state index in [0.717, 1.165) is 11.4 Å². The minimum Gasteiger partial charge on any atom is -0.354 e. The standard InChI is InChI=1S/C18H24FN5O2.ClH/c1-12(2)17(20)18(26)22-11-16(25)21-9-7-14-8-10-24(23-14)15-5-3-13(19)4-6-15;/h3-6,8,10,12,17H,7,9,11,20H2,1-2H3,(H,21,25)(H,22,26);1H/t17-;/m0./s1. The van der Waals surface area contributed by atoms with Crippen LogP contribution in [-0.2, 0) is 16.0 Å². The van der Waals surface area contributed by atoms with Crippen molar-refractivity contribution < 1.29 is 14.0 Å². The van der Waals surface area contributed by atoms with Crippen molar-refractivity contribution in [2.45, 2.75) is 26.3 Å². The second kappa shape index (κ2) is 10.6. The van der Waals surface area contributed by atoms with Gasteiger partial charge in [0.2, 0.25) is 11.8 Å². The number of halogens is 2. The predicted octanol–water partition coefficient (Wildman–Crippen LogP) is 1.19. The van der Waals surface area contributed by atoms with E-state index >= 15 is 0 Å². The summed E-state index contributed by atoms with van der Waals surface area (Å²) >= 11 is 0. The van der Waals surface area contributed by atoms with Crippen LogP contribution in [0.1, 0.15) is 19.5 Å². The number of carbonyl (C=O) groups is 2. The molecule has 0 aliphatic heterocycles. The Morgan fingerprint density at radius 3 is 2.48 bits per heavy atom. The predicted molar refractivity (Wildman–Crippen MR) is 103 cm³/mol. The van der Waals surface area contributed by atoms with E-state index in [9.17, 15) is 14.0 Å². The fraction of sp³-hybridized carbons (Fsp3) is 0.389. The molecule has 0 spiro atoms. The maximum absolute atomic E-state index is 12.9. The number of hydrogen-bond acceptors (Lipinski definition) is 4. The molecule has 0 bridgehead atoms. The van der Waals surface area contributed by atoms with Gasteiger partial charge in [-0.2, -0.15) is 5.10 Å². The molecule has 2 rings (SSSR count). The molecule has 1 aromatic heterocycles. The van der Waals surface area contributed by atoms with E-state index in [2.05, 4.69) is 15.7 Å². The van der Waals surface area contributed by atoms with E-state index in [0.29, 0.717) is 13.0 Å². The van der Waals surface area contributed by atoms with Crippen LogP contribution in [0.15, 0.2) is 36.5 Å². The van der Waals surface area contributed by atoms with Gasteiger partial charge in [0.1, 0.15) is 5.82 Å². The molecule has 0 radical (unpaired) electrons. The zero-order chi connectivity index (χ0) is 19.1. The third-order valence-electron chi connectivity index (χ3n) is 3.88. The van der Waals surface area contributed by atoms with Crippen molar-refractivity contribution in [3.05, 3.63) is 48.0 Å². The van der Waals surface area contributed by atoms with Crippen molar-refractivity contribution in [2.75, 3.05) is 13.1 Å². The van der Waals surface area contributed by atoms with Crippen LogP contribution in [0.4, 0.5) is 4.39 Å². The fourth-order valence-electron chi connectivity index (χ4n) is 2.21. The summed E-state index contributed by atoms with van der Waals surface area (Å²) in [6.07, 6.45) is 2.32. The van der Waals surface area contributed by atoms with Gasteiger partial charge in [-0.3, -0.25) is 9.59 Å². The SMILES string of the molecule is CC(C)[C@H](N)C(=O)NCC(=O)NCCc1ccn(-c2ccc(F)cc2)n1.Cl. The Labute approximate surface area is 163 Å². The van der Waals surface area contributed by atoms with Crippen molar-refractivity contribution in [1.82, 2.24) is 20.4 Å². The van der Waals surface area contributed by atoms with E-state index in [1.54, 1.807) is 23.0 Å². The van der Waals surface area contributed by atoms with Crippen molar-refractivity contribution in [2.24, 2.45) is 11.7 Å². The highest BCUT2D eigenvalue weighted by atomic mass is 35.5. The Kier molecular flexibility index (Phi) is 8.90. The number of hydrogen-bond donors (Lipinski definition) is 3. The van der Waals surface area contributed by atoms with Gasteiger partial charge in [0.15, 0.2) is 0 Å². The number of nitrogens with one attached hydrogen (secondary N) is 2. The number of nitrogens with zero attached hydrogens (tertiary/aromatic N) is 2. The van der Waals surface area contributed by atoms with Gasteiger partial charge < -0.3 is 16.4 Å². The van der Waals surface area contributed by atoms with Crippen LogP contribution in [0.3, 0.4) is 0 Å². The van der Waals surface area contributed by atoms with Crippen LogP contribution in [0.5, 0.6) is 0 Å². The van der Waals surface area contributed by atoms with Crippen LogP contribution in [0.25, 0.3) is 5.69 Å². The third kappa shape index (κ3) is 6.99. The number of aromatic nitrogens is 2. The lowest BCUT2D eigenvalue weighted by Crippen LogP contribution is -2.47. The molecular formula is C18H25ClFN5O2. The molecule has 9 heteroatoms. The summed E-state index contributed by atoms with van der Waals surface area (Å²) in [4.78, 5) is 23.5. The van der Waals surface area contributed by atoms with Crippen LogP contribution in [0.2, 0.25) is 0 Å². The molecule has 2 aromatic rings. The highest BCUT2D eigenvalue weighted by Crippen LogP contribution is 2.09. The van der Waals surface area contributed by atoms with Gasteiger partial charge in [-0.25, -0.2) is 9.07 Å². The first-order chi connectivity index (χ1) is 12.4. The first-order valence-corrected chi connectivity index (χ1v) is 8.47. The maximum atomic E-state index is 12.9. The van der Waals surface area contributed by atoms with Crippen molar-refractivity contribution in [3.8, 4) is 5.69 Å². The second-order valence-corrected chi connectivity index (χ2v) is 6.32. The summed E-state index contributed by atoms with van der Waals surface area (Å²) in [7, 11) is 0. The minimum atomic E-state index is -0.627. The van der Waals surface area contributed by atoms with Gasteiger partial charge in [-0.1, -0.05) is 13.8 Å². The molecule has 0 saturated carbocycles. The van der Waals surface area contributed by atoms with Crippen LogP contribution < -0.4 is 16.4 Å². The van der Waals surface area contributed by atoms with Crippen molar-refractivity contribution in [3.63, 3.8) is 0 Å². The van der Waals surface area contributed by atoms with Gasteiger partial charge >= 0.3 is 0 Å². The molecule has 2 amide bonds. The number of benzene rings is 1. The van der Waals surface area contributed by atoms with E-state index in [4.69, 9.17) is 5.73 Å². The molecular weight excluding hydrogens is 373 g/mol. The first kappa shape index (κ1) is 22.6. The van der Waals surface area contributed by atoms with Crippen LogP contribution in [-0.4, -0.2) is 40.7 Å². The Morgan fingerprint density at radius 2 is 1.85 bits per heavy atom. The monoisotopic (exact) mass is 397 g/mol.